The summed E-state index contributed by atoms with van der Waals surface area (Å²) in [6, 6.07) is 0. The van der Waals surface area contributed by atoms with Crippen LogP contribution < -0.4 is 41.1 Å². The van der Waals surface area contributed by atoms with Crippen molar-refractivity contribution in [3.05, 3.63) is 101 Å². The number of primary sulfonamides is 8. The number of allylic oxidation sites excluding steroid dienone is 8. The Morgan fingerprint density at radius 2 is 0.283 bits per heavy atom. The van der Waals surface area contributed by atoms with Gasteiger partial charge in [0.15, 0.2) is 0 Å². The van der Waals surface area contributed by atoms with Gasteiger partial charge in [-0.3, -0.25) is 0 Å². The lowest BCUT2D eigenvalue weighted by molar-refractivity contribution is -0.0564. The summed E-state index contributed by atoms with van der Waals surface area (Å²) in [5, 5.41) is 37.7. The van der Waals surface area contributed by atoms with Gasteiger partial charge in [0, 0.05) is 52.9 Å². The van der Waals surface area contributed by atoms with E-state index in [0.29, 0.717) is 103 Å². The fourth-order valence-electron chi connectivity index (χ4n) is 14.7. The minimum Gasteiger partial charge on any atom is -0.378 e. The molecule has 16 N–H and O–H groups in total. The van der Waals surface area contributed by atoms with Gasteiger partial charge < -0.3 is 37.9 Å². The highest BCUT2D eigenvalue weighted by Crippen LogP contribution is 2.33. The van der Waals surface area contributed by atoms with E-state index < -0.39 is 122 Å². The van der Waals surface area contributed by atoms with Crippen LogP contribution in [0.2, 0.25) is 0 Å². The van der Waals surface area contributed by atoms with E-state index >= 15 is 0 Å². The molecule has 8 aliphatic heterocycles. The van der Waals surface area contributed by atoms with Crippen LogP contribution >= 0.6 is 0 Å². The summed E-state index contributed by atoms with van der Waals surface area (Å²) in [5.74, 6) is 0.0126. The van der Waals surface area contributed by atoms with Gasteiger partial charge in [-0.05, 0) is 201 Å². The zero-order valence-electron chi connectivity index (χ0n) is 72.4. The zero-order chi connectivity index (χ0) is 91.8. The Morgan fingerprint density at radius 1 is 0.208 bits per heavy atom. The van der Waals surface area contributed by atoms with E-state index in [9.17, 15) is 67.3 Å². The summed E-state index contributed by atoms with van der Waals surface area (Å²) in [5.41, 5.74) is 0. The number of hydrogen-bond donors (Lipinski definition) is 8. The number of ether oxygens (including phenoxy) is 8. The molecule has 0 unspecified atom stereocenters. The molecule has 8 rings (SSSR count). The number of sulfonamides is 8. The smallest absolute Gasteiger partial charge is 0.212 e. The number of hydrogen-bond acceptors (Lipinski definition) is 24. The second-order valence-corrected chi connectivity index (χ2v) is 47.4. The van der Waals surface area contributed by atoms with Crippen molar-refractivity contribution in [2.75, 3.05) is 52.9 Å². The molecule has 0 aromatic rings. The molecule has 0 amide bonds. The predicted molar refractivity (Wildman–Crippen MR) is 479 cm³/mol. The molecular formula is C80H152N8O24S8. The third kappa shape index (κ3) is 45.5. The molecule has 704 valence electrons. The van der Waals surface area contributed by atoms with Crippen LogP contribution in [-0.4, -0.2) is 211 Å². The Bertz CT molecular complexity index is 3240. The Balaban J connectivity index is 0.000000686. The lowest BCUT2D eigenvalue weighted by atomic mass is 9.96. The summed E-state index contributed by atoms with van der Waals surface area (Å²) in [6.07, 6.45) is 31.2. The molecule has 0 bridgehead atoms. The molecule has 0 aliphatic carbocycles. The zero-order valence-corrected chi connectivity index (χ0v) is 79.0. The second kappa shape index (κ2) is 56.3. The van der Waals surface area contributed by atoms with Crippen molar-refractivity contribution < 1.29 is 105 Å². The topological polar surface area (TPSA) is 555 Å². The van der Waals surface area contributed by atoms with E-state index in [1.165, 1.54) is 0 Å². The minimum atomic E-state index is -3.49. The van der Waals surface area contributed by atoms with Crippen molar-refractivity contribution in [1.82, 2.24) is 0 Å². The molecule has 8 fully saturated rings. The third-order valence-electron chi connectivity index (χ3n) is 23.1. The standard InChI is InChI=1S/8C10H19NO3S/c8*1-3-4-8(2)10(15(11,12)13)7-9-5-6-14-9/h8*3,8-10H,1,4-7H2,2H3,(H2,11,12,13)/t2*8-,9+,10+;2*8-,9+,10-;2*8-,9-,10+;2*8-,9-,10-/m10101010/s1. The van der Waals surface area contributed by atoms with Gasteiger partial charge in [-0.15, -0.1) is 52.6 Å². The SMILES string of the molecule is C=CC[C@@H](C)[C@@H](C[C@@H]1CCO1)S(N)(=O)=O.C=CC[C@@H](C)[C@@H](C[C@H]1CCO1)S(N)(=O)=O.C=CC[C@@H](C)[C@H](C[C@@H]1CCO1)S(N)(=O)=O.C=CC[C@@H](C)[C@H](C[C@H]1CCO1)S(N)(=O)=O.C=CC[C@H](C)[C@@H](C[C@@H]1CCO1)S(N)(=O)=O.C=CC[C@H](C)[C@@H](C[C@H]1CCO1)S(N)(=O)=O.C=CC[C@H](C)[C@H](C[C@@H]1CCO1)S(N)(=O)=O.C=CC[C@H](C)[C@H](C[C@H]1CCO1)S(N)(=O)=O. The van der Waals surface area contributed by atoms with Crippen LogP contribution in [0.15, 0.2) is 101 Å². The fraction of sp³-hybridized carbons (Fsp3) is 0.800. The van der Waals surface area contributed by atoms with Gasteiger partial charge in [0.25, 0.3) is 0 Å². The van der Waals surface area contributed by atoms with E-state index in [2.05, 4.69) is 52.6 Å². The molecule has 0 aromatic heterocycles. The molecule has 8 saturated heterocycles. The maximum absolute atomic E-state index is 11.4. The van der Waals surface area contributed by atoms with Gasteiger partial charge in [0.1, 0.15) is 0 Å². The molecule has 8 heterocycles. The lowest BCUT2D eigenvalue weighted by Gasteiger charge is -2.31. The summed E-state index contributed by atoms with van der Waals surface area (Å²) < 4.78 is 224. The Hall–Kier alpha value is -3.12. The van der Waals surface area contributed by atoms with Gasteiger partial charge in [-0.2, -0.15) is 0 Å². The molecule has 0 aromatic carbocycles. The minimum absolute atomic E-state index is 0.00157. The van der Waals surface area contributed by atoms with Crippen LogP contribution in [0, 0.1) is 47.3 Å². The number of nitrogens with two attached hydrogens (primary N) is 8. The molecule has 0 radical (unpaired) electrons. The Morgan fingerprint density at radius 3 is 0.325 bits per heavy atom. The molecule has 120 heavy (non-hydrogen) atoms. The summed E-state index contributed by atoms with van der Waals surface area (Å²) >= 11 is 0. The van der Waals surface area contributed by atoms with Crippen molar-refractivity contribution in [2.45, 2.75) is 300 Å². The lowest BCUT2D eigenvalue weighted by Crippen LogP contribution is -2.40. The van der Waals surface area contributed by atoms with Crippen LogP contribution in [0.25, 0.3) is 0 Å². The normalized spacial score (nSPS) is 25.3. The number of rotatable bonds is 48. The van der Waals surface area contributed by atoms with Crippen molar-refractivity contribution in [1.29, 1.82) is 0 Å². The first-order valence-corrected chi connectivity index (χ1v) is 54.4. The van der Waals surface area contributed by atoms with E-state index in [1.807, 2.05) is 55.4 Å². The fourth-order valence-corrected chi connectivity index (χ4v) is 24.6. The summed E-state index contributed by atoms with van der Waals surface area (Å²) in [7, 11) is -27.9. The van der Waals surface area contributed by atoms with Crippen LogP contribution in [0.1, 0.15) is 209 Å². The van der Waals surface area contributed by atoms with Crippen LogP contribution in [-0.2, 0) is 118 Å². The van der Waals surface area contributed by atoms with Gasteiger partial charge in [-0.25, -0.2) is 108 Å². The molecule has 32 nitrogen and oxygen atoms in total. The van der Waals surface area contributed by atoms with Gasteiger partial charge >= 0.3 is 0 Å². The van der Waals surface area contributed by atoms with E-state index in [-0.39, 0.29) is 96.2 Å². The average Bonchev–Trinajstić information content (AvgIpc) is 0.882. The van der Waals surface area contributed by atoms with E-state index in [0.717, 1.165) is 104 Å². The van der Waals surface area contributed by atoms with Crippen LogP contribution in [0.5, 0.6) is 0 Å². The quantitative estimate of drug-likeness (QED) is 0.0265. The van der Waals surface area contributed by atoms with Crippen molar-refractivity contribution >= 4 is 80.2 Å². The van der Waals surface area contributed by atoms with Crippen molar-refractivity contribution in [3.63, 3.8) is 0 Å². The molecule has 24 atom stereocenters. The van der Waals surface area contributed by atoms with Crippen molar-refractivity contribution in [3.8, 4) is 0 Å². The summed E-state index contributed by atoms with van der Waals surface area (Å²) in [4.78, 5) is 0. The molecule has 0 spiro atoms. The third-order valence-corrected chi connectivity index (χ3v) is 35.1. The van der Waals surface area contributed by atoms with Crippen LogP contribution in [0.4, 0.5) is 0 Å². The van der Waals surface area contributed by atoms with Crippen molar-refractivity contribution in [2.24, 2.45) is 88.5 Å². The monoisotopic (exact) mass is 1860 g/mol. The highest BCUT2D eigenvalue weighted by molar-refractivity contribution is 7.91. The molecular weight excluding hydrogens is 1710 g/mol. The maximum atomic E-state index is 11.4. The van der Waals surface area contributed by atoms with E-state index in [4.69, 9.17) is 79.0 Å². The molecule has 0 saturated carbocycles. The largest absolute Gasteiger partial charge is 0.378 e. The predicted octanol–water partition coefficient (Wildman–Crippen LogP) is 8.28. The first-order chi connectivity index (χ1) is 55.6. The molecule has 8 aliphatic rings. The highest BCUT2D eigenvalue weighted by atomic mass is 32.2. The first-order valence-electron chi connectivity index (χ1n) is 41.5. The highest BCUT2D eigenvalue weighted by Gasteiger charge is 2.40. The Kier molecular flexibility index (Phi) is 53.9. The Labute approximate surface area is 723 Å². The van der Waals surface area contributed by atoms with Gasteiger partial charge in [0.05, 0.1) is 90.8 Å². The van der Waals surface area contributed by atoms with Gasteiger partial charge in [-0.1, -0.05) is 104 Å². The van der Waals surface area contributed by atoms with Gasteiger partial charge in [0.2, 0.25) is 80.2 Å². The summed E-state index contributed by atoms with van der Waals surface area (Å²) in [6.45, 7) is 49.8. The maximum Gasteiger partial charge on any atom is 0.212 e. The first kappa shape index (κ1) is 115. The second-order valence-electron chi connectivity index (χ2n) is 33.2. The average molecular weight is 1870 g/mol. The van der Waals surface area contributed by atoms with E-state index in [1.54, 1.807) is 48.6 Å². The van der Waals surface area contributed by atoms with Crippen LogP contribution in [0.3, 0.4) is 0 Å². The molecule has 40 heteroatoms.